The Morgan fingerprint density at radius 3 is 2.71 bits per heavy atom. The Morgan fingerprint density at radius 2 is 1.89 bits per heavy atom. The van der Waals surface area contributed by atoms with Crippen molar-refractivity contribution >= 4 is 5.91 Å². The number of H-pyrrole nitrogens is 1. The maximum atomic E-state index is 13.0. The highest BCUT2D eigenvalue weighted by Gasteiger charge is 2.37. The lowest BCUT2D eigenvalue weighted by atomic mass is 9.73. The zero-order valence-corrected chi connectivity index (χ0v) is 22.5. The van der Waals surface area contributed by atoms with E-state index in [1.807, 2.05) is 30.9 Å². The smallest absolute Gasteiger partial charge is 0.222 e. The van der Waals surface area contributed by atoms with Crippen LogP contribution < -0.4 is 4.74 Å². The first-order valence-corrected chi connectivity index (χ1v) is 14.3. The molecule has 1 fully saturated rings. The average Bonchev–Trinajstić information content (AvgIpc) is 3.46. The van der Waals surface area contributed by atoms with E-state index in [2.05, 4.69) is 55.3 Å². The first-order valence-electron chi connectivity index (χ1n) is 14.3. The van der Waals surface area contributed by atoms with E-state index in [0.717, 1.165) is 70.6 Å². The Balaban J connectivity index is 1.24. The number of rotatable bonds is 6. The molecule has 7 nitrogen and oxygen atoms in total. The van der Waals surface area contributed by atoms with Crippen LogP contribution in [0.15, 0.2) is 61.2 Å². The van der Waals surface area contributed by atoms with Crippen LogP contribution in [0.2, 0.25) is 0 Å². The van der Waals surface area contributed by atoms with Gasteiger partial charge in [-0.15, -0.1) is 0 Å². The van der Waals surface area contributed by atoms with E-state index >= 15 is 0 Å². The van der Waals surface area contributed by atoms with Crippen molar-refractivity contribution in [3.63, 3.8) is 0 Å². The number of piperidine rings is 1. The summed E-state index contributed by atoms with van der Waals surface area (Å²) in [7, 11) is 0. The zero-order valence-electron chi connectivity index (χ0n) is 22.5. The number of benzene rings is 1. The number of amides is 1. The van der Waals surface area contributed by atoms with Gasteiger partial charge < -0.3 is 9.64 Å². The molecule has 4 heterocycles. The number of fused-ring (bicyclic) bond motifs is 1. The highest BCUT2D eigenvalue weighted by molar-refractivity contribution is 5.76. The quantitative estimate of drug-likeness (QED) is 0.498. The highest BCUT2D eigenvalue weighted by Crippen LogP contribution is 2.39. The minimum atomic E-state index is 0.231. The molecule has 0 atom stereocenters. The van der Waals surface area contributed by atoms with Crippen LogP contribution in [0.3, 0.4) is 0 Å². The van der Waals surface area contributed by atoms with Crippen LogP contribution in [0, 0.1) is 5.41 Å². The molecule has 3 aromatic rings. The van der Waals surface area contributed by atoms with Gasteiger partial charge in [-0.3, -0.25) is 19.8 Å². The predicted molar refractivity (Wildman–Crippen MR) is 149 cm³/mol. The summed E-state index contributed by atoms with van der Waals surface area (Å²) in [5.74, 6) is 1.33. The number of aryl methyl sites for hydroxylation is 2. The van der Waals surface area contributed by atoms with Gasteiger partial charge in [0, 0.05) is 57.7 Å². The van der Waals surface area contributed by atoms with Crippen LogP contribution in [0.4, 0.5) is 0 Å². The minimum Gasteiger partial charge on any atom is -0.492 e. The van der Waals surface area contributed by atoms with Crippen molar-refractivity contribution in [2.75, 3.05) is 32.8 Å². The van der Waals surface area contributed by atoms with Crippen molar-refractivity contribution in [1.29, 1.82) is 0 Å². The Bertz CT molecular complexity index is 1130. The number of hydrogen-bond acceptors (Lipinski definition) is 5. The third kappa shape index (κ3) is 7.22. The molecule has 38 heavy (non-hydrogen) atoms. The van der Waals surface area contributed by atoms with Crippen LogP contribution in [0.25, 0.3) is 0 Å². The number of nitrogens with zero attached hydrogens (tertiary/aromatic N) is 4. The minimum absolute atomic E-state index is 0.231. The Morgan fingerprint density at radius 1 is 1.00 bits per heavy atom. The van der Waals surface area contributed by atoms with Gasteiger partial charge in [0.05, 0.1) is 6.20 Å². The molecule has 0 radical (unpaired) electrons. The second-order valence-electron chi connectivity index (χ2n) is 11.1. The maximum Gasteiger partial charge on any atom is 0.222 e. The molecule has 5 rings (SSSR count). The third-order valence-corrected chi connectivity index (χ3v) is 8.32. The SMILES string of the molecule is O=C(CCCc1cn[nH]c1)N1CCC2(CCCCc3ccccc3OCCN(Cc3cccnc3)C2)CC1. The summed E-state index contributed by atoms with van der Waals surface area (Å²) in [5, 5.41) is 6.86. The Hall–Kier alpha value is -3.19. The fourth-order valence-electron chi connectivity index (χ4n) is 6.12. The summed E-state index contributed by atoms with van der Waals surface area (Å²) in [6.45, 7) is 5.19. The van der Waals surface area contributed by atoms with Crippen molar-refractivity contribution in [3.8, 4) is 5.75 Å². The van der Waals surface area contributed by atoms with Gasteiger partial charge in [0.25, 0.3) is 0 Å². The normalized spacial score (nSPS) is 18.7. The van der Waals surface area contributed by atoms with Crippen molar-refractivity contribution in [2.24, 2.45) is 5.41 Å². The molecule has 202 valence electrons. The summed E-state index contributed by atoms with van der Waals surface area (Å²) < 4.78 is 6.30. The lowest BCUT2D eigenvalue weighted by Crippen LogP contribution is -2.48. The molecular formula is C31H41N5O2. The molecule has 2 aliphatic heterocycles. The Kier molecular flexibility index (Phi) is 9.07. The van der Waals surface area contributed by atoms with Gasteiger partial charge in [-0.05, 0) is 79.2 Å². The van der Waals surface area contributed by atoms with E-state index in [1.165, 1.54) is 36.0 Å². The van der Waals surface area contributed by atoms with E-state index in [0.29, 0.717) is 18.9 Å². The molecule has 0 aliphatic carbocycles. The van der Waals surface area contributed by atoms with E-state index in [4.69, 9.17) is 4.74 Å². The van der Waals surface area contributed by atoms with Crippen molar-refractivity contribution in [1.82, 2.24) is 25.0 Å². The zero-order chi connectivity index (χ0) is 26.0. The topological polar surface area (TPSA) is 74.3 Å². The largest absolute Gasteiger partial charge is 0.492 e. The number of pyridine rings is 1. The van der Waals surface area contributed by atoms with Gasteiger partial charge in [0.1, 0.15) is 12.4 Å². The summed E-state index contributed by atoms with van der Waals surface area (Å²) in [4.78, 5) is 22.0. The second-order valence-corrected chi connectivity index (χ2v) is 11.1. The predicted octanol–water partition coefficient (Wildman–Crippen LogP) is 5.04. The molecule has 1 aromatic carbocycles. The van der Waals surface area contributed by atoms with Crippen LogP contribution in [0.5, 0.6) is 5.75 Å². The number of hydrogen-bond donors (Lipinski definition) is 1. The highest BCUT2D eigenvalue weighted by atomic mass is 16.5. The third-order valence-electron chi connectivity index (χ3n) is 8.32. The summed E-state index contributed by atoms with van der Waals surface area (Å²) in [5.41, 5.74) is 3.95. The Labute approximate surface area is 226 Å². The van der Waals surface area contributed by atoms with Crippen LogP contribution in [0.1, 0.15) is 61.6 Å². The summed E-state index contributed by atoms with van der Waals surface area (Å²) in [6, 6.07) is 12.7. The van der Waals surface area contributed by atoms with Crippen molar-refractivity contribution in [2.45, 2.75) is 64.3 Å². The number of carbonyl (C=O) groups excluding carboxylic acids is 1. The van der Waals surface area contributed by atoms with E-state index in [1.54, 1.807) is 0 Å². The van der Waals surface area contributed by atoms with E-state index < -0.39 is 0 Å². The van der Waals surface area contributed by atoms with E-state index in [-0.39, 0.29) is 5.41 Å². The number of aromatic nitrogens is 3. The number of carbonyl (C=O) groups is 1. The van der Waals surface area contributed by atoms with Crippen LogP contribution >= 0.6 is 0 Å². The summed E-state index contributed by atoms with van der Waals surface area (Å²) >= 11 is 0. The van der Waals surface area contributed by atoms with Gasteiger partial charge in [-0.1, -0.05) is 30.7 Å². The number of aromatic amines is 1. The molecule has 2 aromatic heterocycles. The van der Waals surface area contributed by atoms with Gasteiger partial charge in [-0.25, -0.2) is 0 Å². The van der Waals surface area contributed by atoms with Gasteiger partial charge >= 0.3 is 0 Å². The number of ether oxygens (including phenoxy) is 1. The average molecular weight is 516 g/mol. The first-order chi connectivity index (χ1) is 18.7. The molecule has 1 saturated heterocycles. The lowest BCUT2D eigenvalue weighted by molar-refractivity contribution is -0.134. The maximum absolute atomic E-state index is 13.0. The summed E-state index contributed by atoms with van der Waals surface area (Å²) in [6.07, 6.45) is 16.7. The lowest BCUT2D eigenvalue weighted by Gasteiger charge is -2.45. The van der Waals surface area contributed by atoms with E-state index in [9.17, 15) is 4.79 Å². The fourth-order valence-corrected chi connectivity index (χ4v) is 6.12. The van der Waals surface area contributed by atoms with Crippen molar-refractivity contribution < 1.29 is 9.53 Å². The molecule has 7 heteroatoms. The molecular weight excluding hydrogens is 474 g/mol. The number of para-hydroxylation sites is 1. The molecule has 1 spiro atoms. The molecule has 1 N–H and O–H groups in total. The van der Waals surface area contributed by atoms with Gasteiger partial charge in [0.15, 0.2) is 0 Å². The molecule has 2 aliphatic rings. The monoisotopic (exact) mass is 515 g/mol. The van der Waals surface area contributed by atoms with Gasteiger partial charge in [0.2, 0.25) is 5.91 Å². The molecule has 1 amide bonds. The molecule has 0 unspecified atom stereocenters. The number of likely N-dealkylation sites (tertiary alicyclic amines) is 1. The molecule has 0 saturated carbocycles. The van der Waals surface area contributed by atoms with Crippen LogP contribution in [-0.4, -0.2) is 63.7 Å². The van der Waals surface area contributed by atoms with Crippen LogP contribution in [-0.2, 0) is 24.2 Å². The molecule has 0 bridgehead atoms. The van der Waals surface area contributed by atoms with Gasteiger partial charge in [-0.2, -0.15) is 5.10 Å². The fraction of sp³-hybridized carbons (Fsp3) is 0.516. The second kappa shape index (κ2) is 13.1. The first kappa shape index (κ1) is 26.4. The number of nitrogens with one attached hydrogen (secondary N) is 1. The standard InChI is InChI=1S/C31H41N5O2/c37-30(12-5-7-26-22-33-34-23-26)36-17-14-31(15-18-36)13-4-3-10-28-9-1-2-11-29(28)38-20-19-35(25-31)24-27-8-6-16-32-21-27/h1-2,6,8-9,11,16,21-23H,3-5,7,10,12-15,17-20,24-25H2,(H,33,34). The van der Waals surface area contributed by atoms with Crippen molar-refractivity contribution in [3.05, 3.63) is 77.9 Å².